The average Bonchev–Trinajstić information content (AvgIpc) is 2.79. The van der Waals surface area contributed by atoms with Gasteiger partial charge in [-0.1, -0.05) is 20.3 Å². The SMILES string of the molecule is CCC1(C)CCN(CC(N)c2cnn(C)c2)CC1. The molecule has 1 saturated heterocycles. The van der Waals surface area contributed by atoms with E-state index in [-0.39, 0.29) is 6.04 Å². The molecule has 1 aromatic heterocycles. The third-order valence-electron chi connectivity index (χ3n) is 4.52. The standard InChI is InChI=1S/C14H26N4/c1-4-14(2)5-7-18(8-6-14)11-13(15)12-9-16-17(3)10-12/h9-10,13H,4-8,11,15H2,1-3H3. The maximum absolute atomic E-state index is 6.24. The van der Waals surface area contributed by atoms with Gasteiger partial charge in [0.25, 0.3) is 0 Å². The number of nitrogens with two attached hydrogens (primary N) is 1. The highest BCUT2D eigenvalue weighted by atomic mass is 15.2. The van der Waals surface area contributed by atoms with Gasteiger partial charge in [0.05, 0.1) is 6.20 Å². The van der Waals surface area contributed by atoms with Crippen molar-refractivity contribution in [1.82, 2.24) is 14.7 Å². The van der Waals surface area contributed by atoms with Gasteiger partial charge in [-0.2, -0.15) is 5.10 Å². The Hall–Kier alpha value is -0.870. The van der Waals surface area contributed by atoms with Gasteiger partial charge in [-0.3, -0.25) is 4.68 Å². The largest absolute Gasteiger partial charge is 0.323 e. The number of likely N-dealkylation sites (tertiary alicyclic amines) is 1. The van der Waals surface area contributed by atoms with Crippen molar-refractivity contribution in [2.45, 2.75) is 39.2 Å². The van der Waals surface area contributed by atoms with Crippen LogP contribution in [0.15, 0.2) is 12.4 Å². The minimum Gasteiger partial charge on any atom is -0.323 e. The van der Waals surface area contributed by atoms with E-state index >= 15 is 0 Å². The molecule has 1 aliphatic rings. The van der Waals surface area contributed by atoms with E-state index in [0.717, 1.165) is 12.1 Å². The first kappa shape index (κ1) is 13.6. The maximum Gasteiger partial charge on any atom is 0.0537 e. The molecule has 2 rings (SSSR count). The molecule has 1 unspecified atom stereocenters. The summed E-state index contributed by atoms with van der Waals surface area (Å²) in [5.74, 6) is 0. The molecule has 2 N–H and O–H groups in total. The molecule has 4 heteroatoms. The summed E-state index contributed by atoms with van der Waals surface area (Å²) in [6, 6.07) is 0.0877. The minimum atomic E-state index is 0.0877. The highest BCUT2D eigenvalue weighted by Gasteiger charge is 2.28. The van der Waals surface area contributed by atoms with Crippen LogP contribution in [0.3, 0.4) is 0 Å². The second-order valence-corrected chi connectivity index (χ2v) is 6.02. The van der Waals surface area contributed by atoms with E-state index in [0.29, 0.717) is 5.41 Å². The van der Waals surface area contributed by atoms with E-state index in [1.165, 1.54) is 32.4 Å². The van der Waals surface area contributed by atoms with Gasteiger partial charge in [0, 0.05) is 31.4 Å². The van der Waals surface area contributed by atoms with Crippen molar-refractivity contribution < 1.29 is 0 Å². The van der Waals surface area contributed by atoms with Gasteiger partial charge in [0.1, 0.15) is 0 Å². The lowest BCUT2D eigenvalue weighted by Crippen LogP contribution is -2.41. The van der Waals surface area contributed by atoms with E-state index in [4.69, 9.17) is 5.73 Å². The second-order valence-electron chi connectivity index (χ2n) is 6.02. The number of nitrogens with zero attached hydrogens (tertiary/aromatic N) is 3. The molecule has 0 saturated carbocycles. The van der Waals surface area contributed by atoms with Gasteiger partial charge in [0.2, 0.25) is 0 Å². The molecular formula is C14H26N4. The molecule has 0 bridgehead atoms. The summed E-state index contributed by atoms with van der Waals surface area (Å²) in [6.07, 6.45) is 7.78. The smallest absolute Gasteiger partial charge is 0.0537 e. The first-order valence-electron chi connectivity index (χ1n) is 6.99. The van der Waals surface area contributed by atoms with Crippen LogP contribution in [0.2, 0.25) is 0 Å². The van der Waals surface area contributed by atoms with E-state index in [1.807, 2.05) is 24.1 Å². The van der Waals surface area contributed by atoms with Crippen molar-refractivity contribution in [1.29, 1.82) is 0 Å². The van der Waals surface area contributed by atoms with Crippen molar-refractivity contribution in [3.05, 3.63) is 18.0 Å². The van der Waals surface area contributed by atoms with Crippen LogP contribution in [0.1, 0.15) is 44.7 Å². The Bertz CT molecular complexity index is 377. The summed E-state index contributed by atoms with van der Waals surface area (Å²) >= 11 is 0. The van der Waals surface area contributed by atoms with Gasteiger partial charge in [-0.15, -0.1) is 0 Å². The van der Waals surface area contributed by atoms with Crippen LogP contribution < -0.4 is 5.73 Å². The molecule has 2 heterocycles. The predicted octanol–water partition coefficient (Wildman–Crippen LogP) is 1.93. The van der Waals surface area contributed by atoms with E-state index in [1.54, 1.807) is 0 Å². The van der Waals surface area contributed by atoms with Crippen molar-refractivity contribution >= 4 is 0 Å². The Labute approximate surface area is 110 Å². The maximum atomic E-state index is 6.24. The van der Waals surface area contributed by atoms with Crippen LogP contribution in [0.5, 0.6) is 0 Å². The zero-order valence-electron chi connectivity index (χ0n) is 11.9. The van der Waals surface area contributed by atoms with Crippen molar-refractivity contribution in [3.63, 3.8) is 0 Å². The minimum absolute atomic E-state index is 0.0877. The van der Waals surface area contributed by atoms with E-state index in [2.05, 4.69) is 23.8 Å². The van der Waals surface area contributed by atoms with Crippen LogP contribution >= 0.6 is 0 Å². The zero-order valence-corrected chi connectivity index (χ0v) is 11.9. The fraction of sp³-hybridized carbons (Fsp3) is 0.786. The van der Waals surface area contributed by atoms with Crippen LogP contribution in [0.25, 0.3) is 0 Å². The van der Waals surface area contributed by atoms with Crippen molar-refractivity contribution in [2.24, 2.45) is 18.2 Å². The molecule has 1 atom stereocenters. The van der Waals surface area contributed by atoms with Crippen molar-refractivity contribution in [2.75, 3.05) is 19.6 Å². The molecule has 1 aromatic rings. The van der Waals surface area contributed by atoms with E-state index < -0.39 is 0 Å². The highest BCUT2D eigenvalue weighted by Crippen LogP contribution is 2.34. The molecule has 18 heavy (non-hydrogen) atoms. The molecule has 102 valence electrons. The Balaban J connectivity index is 1.85. The molecule has 0 radical (unpaired) electrons. The quantitative estimate of drug-likeness (QED) is 0.888. The molecule has 1 aliphatic heterocycles. The third kappa shape index (κ3) is 3.12. The summed E-state index contributed by atoms with van der Waals surface area (Å²) in [4.78, 5) is 2.50. The fourth-order valence-corrected chi connectivity index (χ4v) is 2.64. The van der Waals surface area contributed by atoms with Gasteiger partial charge >= 0.3 is 0 Å². The van der Waals surface area contributed by atoms with Gasteiger partial charge in [-0.25, -0.2) is 0 Å². The van der Waals surface area contributed by atoms with Gasteiger partial charge in [-0.05, 0) is 31.3 Å². The van der Waals surface area contributed by atoms with Crippen LogP contribution in [0.4, 0.5) is 0 Å². The Morgan fingerprint density at radius 1 is 1.44 bits per heavy atom. The summed E-state index contributed by atoms with van der Waals surface area (Å²) in [6.45, 7) is 8.02. The summed E-state index contributed by atoms with van der Waals surface area (Å²) in [7, 11) is 1.93. The molecule has 0 aromatic carbocycles. The summed E-state index contributed by atoms with van der Waals surface area (Å²) in [5.41, 5.74) is 7.93. The number of aryl methyl sites for hydroxylation is 1. The second kappa shape index (κ2) is 5.41. The van der Waals surface area contributed by atoms with Crippen LogP contribution in [-0.2, 0) is 7.05 Å². The highest BCUT2D eigenvalue weighted by molar-refractivity contribution is 5.10. The van der Waals surface area contributed by atoms with E-state index in [9.17, 15) is 0 Å². The molecule has 0 spiro atoms. The lowest BCUT2D eigenvalue weighted by atomic mass is 9.78. The first-order chi connectivity index (χ1) is 8.52. The number of rotatable bonds is 4. The lowest BCUT2D eigenvalue weighted by Gasteiger charge is -2.39. The number of piperidine rings is 1. The Kier molecular flexibility index (Phi) is 4.07. The Morgan fingerprint density at radius 3 is 2.61 bits per heavy atom. The first-order valence-corrected chi connectivity index (χ1v) is 6.99. The normalized spacial score (nSPS) is 22.0. The predicted molar refractivity (Wildman–Crippen MR) is 74.2 cm³/mol. The molecular weight excluding hydrogens is 224 g/mol. The lowest BCUT2D eigenvalue weighted by molar-refractivity contribution is 0.110. The topological polar surface area (TPSA) is 47.1 Å². The molecule has 1 fully saturated rings. The number of hydrogen-bond acceptors (Lipinski definition) is 3. The molecule has 0 aliphatic carbocycles. The van der Waals surface area contributed by atoms with Crippen LogP contribution in [0, 0.1) is 5.41 Å². The summed E-state index contributed by atoms with van der Waals surface area (Å²) < 4.78 is 1.82. The number of hydrogen-bond donors (Lipinski definition) is 1. The third-order valence-corrected chi connectivity index (χ3v) is 4.52. The van der Waals surface area contributed by atoms with Crippen molar-refractivity contribution in [3.8, 4) is 0 Å². The molecule has 0 amide bonds. The molecule has 4 nitrogen and oxygen atoms in total. The van der Waals surface area contributed by atoms with Gasteiger partial charge in [0.15, 0.2) is 0 Å². The Morgan fingerprint density at radius 2 is 2.11 bits per heavy atom. The van der Waals surface area contributed by atoms with Gasteiger partial charge < -0.3 is 10.6 Å². The zero-order chi connectivity index (χ0) is 13.2. The monoisotopic (exact) mass is 250 g/mol. The number of aromatic nitrogens is 2. The average molecular weight is 250 g/mol. The summed E-state index contributed by atoms with van der Waals surface area (Å²) in [5, 5.41) is 4.19. The van der Waals surface area contributed by atoms with Crippen LogP contribution in [-0.4, -0.2) is 34.3 Å². The fourth-order valence-electron chi connectivity index (χ4n) is 2.64.